The van der Waals surface area contributed by atoms with Gasteiger partial charge in [0.05, 0.1) is 6.42 Å². The number of hydrogen-bond donors (Lipinski definition) is 1. The highest BCUT2D eigenvalue weighted by molar-refractivity contribution is 6.09. The summed E-state index contributed by atoms with van der Waals surface area (Å²) < 4.78 is 0. The van der Waals surface area contributed by atoms with Gasteiger partial charge in [-0.05, 0) is 0 Å². The first-order valence-corrected chi connectivity index (χ1v) is 6.18. The second kappa shape index (κ2) is 7.27. The number of amides is 4. The van der Waals surface area contributed by atoms with Crippen molar-refractivity contribution >= 4 is 35.9 Å². The molecular formula is C12H14N2O7. The van der Waals surface area contributed by atoms with Gasteiger partial charge in [0, 0.05) is 19.3 Å². The van der Waals surface area contributed by atoms with Crippen LogP contribution in [0.3, 0.4) is 0 Å². The maximum atomic E-state index is 11.8. The van der Waals surface area contributed by atoms with Crippen LogP contribution < -0.4 is 0 Å². The molecule has 1 aliphatic rings. The second-order valence-corrected chi connectivity index (χ2v) is 4.35. The molecule has 0 aliphatic carbocycles. The van der Waals surface area contributed by atoms with Crippen molar-refractivity contribution in [2.24, 2.45) is 0 Å². The van der Waals surface area contributed by atoms with Gasteiger partial charge in [-0.15, -0.1) is 0 Å². The SMILES string of the molecule is O=CCCC(=O)N1CC(=O)N(C(=O)CCC(=O)O)CC1=O. The molecule has 0 unspecified atom stereocenters. The van der Waals surface area contributed by atoms with E-state index in [2.05, 4.69) is 0 Å². The van der Waals surface area contributed by atoms with E-state index in [0.29, 0.717) is 16.1 Å². The van der Waals surface area contributed by atoms with E-state index < -0.39 is 55.5 Å². The van der Waals surface area contributed by atoms with E-state index in [1.54, 1.807) is 0 Å². The molecule has 0 atom stereocenters. The molecule has 1 rings (SSSR count). The topological polar surface area (TPSA) is 129 Å². The van der Waals surface area contributed by atoms with Crippen LogP contribution >= 0.6 is 0 Å². The van der Waals surface area contributed by atoms with E-state index in [1.807, 2.05) is 0 Å². The first kappa shape index (κ1) is 16.5. The fraction of sp³-hybridized carbons (Fsp3) is 0.500. The number of carbonyl (C=O) groups excluding carboxylic acids is 5. The fourth-order valence-electron chi connectivity index (χ4n) is 1.74. The van der Waals surface area contributed by atoms with Crippen molar-refractivity contribution in [3.05, 3.63) is 0 Å². The van der Waals surface area contributed by atoms with Crippen molar-refractivity contribution in [2.45, 2.75) is 25.7 Å². The maximum absolute atomic E-state index is 11.8. The number of carbonyl (C=O) groups is 6. The molecule has 1 heterocycles. The Bertz CT molecular complexity index is 500. The van der Waals surface area contributed by atoms with Crippen LogP contribution in [0.15, 0.2) is 0 Å². The zero-order chi connectivity index (χ0) is 16.0. The number of hydrogen-bond acceptors (Lipinski definition) is 6. The van der Waals surface area contributed by atoms with Gasteiger partial charge < -0.3 is 9.90 Å². The minimum atomic E-state index is -1.19. The Morgan fingerprint density at radius 2 is 1.43 bits per heavy atom. The number of piperazine rings is 1. The minimum absolute atomic E-state index is 0.0575. The smallest absolute Gasteiger partial charge is 0.303 e. The van der Waals surface area contributed by atoms with Gasteiger partial charge in [0.2, 0.25) is 23.6 Å². The zero-order valence-corrected chi connectivity index (χ0v) is 11.1. The molecule has 21 heavy (non-hydrogen) atoms. The Morgan fingerprint density at radius 3 is 1.86 bits per heavy atom. The van der Waals surface area contributed by atoms with Crippen LogP contribution in [0.1, 0.15) is 25.7 Å². The van der Waals surface area contributed by atoms with Gasteiger partial charge in [0.25, 0.3) is 0 Å². The molecule has 1 fully saturated rings. The lowest BCUT2D eigenvalue weighted by atomic mass is 10.2. The third-order valence-corrected chi connectivity index (χ3v) is 2.82. The third-order valence-electron chi connectivity index (χ3n) is 2.82. The normalized spacial score (nSPS) is 15.0. The number of carboxylic acids is 1. The summed E-state index contributed by atoms with van der Waals surface area (Å²) in [5.41, 5.74) is 0. The molecular weight excluding hydrogens is 284 g/mol. The summed E-state index contributed by atoms with van der Waals surface area (Å²) in [5.74, 6) is -4.09. The van der Waals surface area contributed by atoms with E-state index in [-0.39, 0.29) is 12.8 Å². The summed E-state index contributed by atoms with van der Waals surface area (Å²) in [5, 5.41) is 8.47. The summed E-state index contributed by atoms with van der Waals surface area (Å²) >= 11 is 0. The Morgan fingerprint density at radius 1 is 0.952 bits per heavy atom. The molecule has 0 saturated carbocycles. The van der Waals surface area contributed by atoms with Crippen molar-refractivity contribution in [1.29, 1.82) is 0 Å². The number of aldehydes is 1. The van der Waals surface area contributed by atoms with E-state index in [9.17, 15) is 28.8 Å². The number of nitrogens with zero attached hydrogens (tertiary/aromatic N) is 2. The van der Waals surface area contributed by atoms with E-state index >= 15 is 0 Å². The van der Waals surface area contributed by atoms with E-state index in [4.69, 9.17) is 5.11 Å². The lowest BCUT2D eigenvalue weighted by Gasteiger charge is -2.31. The van der Waals surface area contributed by atoms with Gasteiger partial charge >= 0.3 is 5.97 Å². The van der Waals surface area contributed by atoms with Crippen LogP contribution in [-0.4, -0.2) is 63.9 Å². The van der Waals surface area contributed by atoms with Crippen LogP contribution in [0.2, 0.25) is 0 Å². The van der Waals surface area contributed by atoms with Crippen molar-refractivity contribution in [1.82, 2.24) is 9.80 Å². The molecule has 1 saturated heterocycles. The van der Waals surface area contributed by atoms with Crippen molar-refractivity contribution in [3.8, 4) is 0 Å². The Hall–Kier alpha value is -2.58. The van der Waals surface area contributed by atoms with Crippen molar-refractivity contribution in [2.75, 3.05) is 13.1 Å². The summed E-state index contributed by atoms with van der Waals surface area (Å²) in [6.07, 6.45) is -0.560. The highest BCUT2D eigenvalue weighted by atomic mass is 16.4. The molecule has 0 aromatic rings. The van der Waals surface area contributed by atoms with Gasteiger partial charge in [-0.3, -0.25) is 33.8 Å². The molecule has 9 nitrogen and oxygen atoms in total. The number of imide groups is 2. The van der Waals surface area contributed by atoms with Gasteiger partial charge in [0.15, 0.2) is 0 Å². The first-order valence-electron chi connectivity index (χ1n) is 6.18. The molecule has 1 N–H and O–H groups in total. The molecule has 0 bridgehead atoms. The van der Waals surface area contributed by atoms with E-state index in [0.717, 1.165) is 0 Å². The molecule has 9 heteroatoms. The van der Waals surface area contributed by atoms with Crippen LogP contribution in [0.4, 0.5) is 0 Å². The largest absolute Gasteiger partial charge is 0.481 e. The molecule has 0 aromatic heterocycles. The van der Waals surface area contributed by atoms with E-state index in [1.165, 1.54) is 0 Å². The van der Waals surface area contributed by atoms with Crippen molar-refractivity contribution in [3.63, 3.8) is 0 Å². The number of rotatable bonds is 6. The standard InChI is InChI=1S/C12H14N2O7/c15-5-1-2-8(16)13-6-11(19)14(7-10(13)18)9(17)3-4-12(20)21/h5H,1-4,6-7H2,(H,20,21). The van der Waals surface area contributed by atoms with Gasteiger partial charge in [-0.25, -0.2) is 0 Å². The van der Waals surface area contributed by atoms with Crippen LogP contribution in [0.25, 0.3) is 0 Å². The summed E-state index contributed by atoms with van der Waals surface area (Å²) in [6.45, 7) is -1.17. The Balaban J connectivity index is 2.65. The van der Waals surface area contributed by atoms with Gasteiger partial charge in [0.1, 0.15) is 19.4 Å². The minimum Gasteiger partial charge on any atom is -0.481 e. The Labute approximate surface area is 119 Å². The fourth-order valence-corrected chi connectivity index (χ4v) is 1.74. The van der Waals surface area contributed by atoms with Crippen LogP contribution in [-0.2, 0) is 28.8 Å². The zero-order valence-electron chi connectivity index (χ0n) is 11.1. The molecule has 4 amide bonds. The summed E-state index contributed by atoms with van der Waals surface area (Å²) in [4.78, 5) is 68.7. The first-order chi connectivity index (χ1) is 9.86. The lowest BCUT2D eigenvalue weighted by molar-refractivity contribution is -0.162. The second-order valence-electron chi connectivity index (χ2n) is 4.35. The van der Waals surface area contributed by atoms with Gasteiger partial charge in [-0.2, -0.15) is 0 Å². The van der Waals surface area contributed by atoms with Crippen molar-refractivity contribution < 1.29 is 33.9 Å². The number of aliphatic carboxylic acids is 1. The third kappa shape index (κ3) is 4.48. The highest BCUT2D eigenvalue weighted by Gasteiger charge is 2.36. The average molecular weight is 298 g/mol. The van der Waals surface area contributed by atoms with Gasteiger partial charge in [-0.1, -0.05) is 0 Å². The predicted molar refractivity (Wildman–Crippen MR) is 65.6 cm³/mol. The van der Waals surface area contributed by atoms with Crippen LogP contribution in [0, 0.1) is 0 Å². The maximum Gasteiger partial charge on any atom is 0.303 e. The number of carboxylic acid groups (broad SMARTS) is 1. The lowest BCUT2D eigenvalue weighted by Crippen LogP contribution is -2.57. The molecule has 0 radical (unpaired) electrons. The molecule has 0 aromatic carbocycles. The molecule has 0 spiro atoms. The monoisotopic (exact) mass is 298 g/mol. The highest BCUT2D eigenvalue weighted by Crippen LogP contribution is 2.10. The van der Waals surface area contributed by atoms with Crippen LogP contribution in [0.5, 0.6) is 0 Å². The summed E-state index contributed by atoms with van der Waals surface area (Å²) in [7, 11) is 0. The molecule has 114 valence electrons. The quantitative estimate of drug-likeness (QED) is 0.594. The molecule has 1 aliphatic heterocycles. The Kier molecular flexibility index (Phi) is 5.70. The summed E-state index contributed by atoms with van der Waals surface area (Å²) in [6, 6.07) is 0. The average Bonchev–Trinajstić information content (AvgIpc) is 2.44. The predicted octanol–water partition coefficient (Wildman–Crippen LogP) is -1.45.